The van der Waals surface area contributed by atoms with Crippen LogP contribution in [0.25, 0.3) is 0 Å². The lowest BCUT2D eigenvalue weighted by molar-refractivity contribution is 0.170. The molecule has 1 aromatic rings. The van der Waals surface area contributed by atoms with Crippen molar-refractivity contribution in [3.63, 3.8) is 0 Å². The minimum absolute atomic E-state index is 0.0796. The van der Waals surface area contributed by atoms with Gasteiger partial charge in [0.2, 0.25) is 5.89 Å². The molecule has 1 saturated heterocycles. The Bertz CT molecular complexity index is 321. The van der Waals surface area contributed by atoms with Gasteiger partial charge in [-0.25, -0.2) is 4.98 Å². The number of nitrogens with one attached hydrogen (secondary N) is 1. The van der Waals surface area contributed by atoms with Gasteiger partial charge in [-0.05, 0) is 27.2 Å². The second-order valence-electron chi connectivity index (χ2n) is 4.47. The summed E-state index contributed by atoms with van der Waals surface area (Å²) in [4.78, 5) is 4.33. The van der Waals surface area contributed by atoms with Crippen molar-refractivity contribution in [1.82, 2.24) is 10.3 Å². The Kier molecular flexibility index (Phi) is 2.80. The molecule has 1 aromatic heterocycles. The zero-order chi connectivity index (χ0) is 10.9. The maximum absolute atomic E-state index is 5.50. The van der Waals surface area contributed by atoms with Crippen molar-refractivity contribution < 1.29 is 9.15 Å². The number of ether oxygens (including phenoxy) is 1. The van der Waals surface area contributed by atoms with Crippen LogP contribution in [-0.2, 0) is 11.3 Å². The smallest absolute Gasteiger partial charge is 0.208 e. The Hall–Kier alpha value is -0.870. The summed E-state index contributed by atoms with van der Waals surface area (Å²) in [5.74, 6) is 1.66. The Balaban J connectivity index is 1.92. The van der Waals surface area contributed by atoms with Gasteiger partial charge < -0.3 is 14.5 Å². The van der Waals surface area contributed by atoms with Crippen LogP contribution in [0.3, 0.4) is 0 Å². The van der Waals surface area contributed by atoms with Crippen molar-refractivity contribution in [2.45, 2.75) is 39.3 Å². The SMILES string of the molecule is Cc1nc(CNC2(C)CCOC2)oc1C. The summed E-state index contributed by atoms with van der Waals surface area (Å²) in [7, 11) is 0. The predicted molar refractivity (Wildman–Crippen MR) is 56.7 cm³/mol. The lowest BCUT2D eigenvalue weighted by Gasteiger charge is -2.22. The quantitative estimate of drug-likeness (QED) is 0.822. The van der Waals surface area contributed by atoms with E-state index in [4.69, 9.17) is 9.15 Å². The molecule has 0 radical (unpaired) electrons. The fraction of sp³-hybridized carbons (Fsp3) is 0.727. The highest BCUT2D eigenvalue weighted by molar-refractivity contribution is 5.05. The van der Waals surface area contributed by atoms with Gasteiger partial charge in [-0.2, -0.15) is 0 Å². The molecule has 2 heterocycles. The normalized spacial score (nSPS) is 26.1. The highest BCUT2D eigenvalue weighted by Gasteiger charge is 2.29. The first-order valence-electron chi connectivity index (χ1n) is 5.35. The zero-order valence-electron chi connectivity index (χ0n) is 9.59. The molecule has 4 heteroatoms. The monoisotopic (exact) mass is 210 g/mol. The average molecular weight is 210 g/mol. The van der Waals surface area contributed by atoms with E-state index in [1.807, 2.05) is 13.8 Å². The molecular formula is C11H18N2O2. The molecule has 15 heavy (non-hydrogen) atoms. The number of nitrogens with zero attached hydrogens (tertiary/aromatic N) is 1. The molecule has 0 saturated carbocycles. The van der Waals surface area contributed by atoms with Crippen LogP contribution >= 0.6 is 0 Å². The van der Waals surface area contributed by atoms with Gasteiger partial charge in [-0.1, -0.05) is 0 Å². The molecule has 1 atom stereocenters. The van der Waals surface area contributed by atoms with E-state index in [0.29, 0.717) is 6.54 Å². The number of rotatable bonds is 3. The van der Waals surface area contributed by atoms with Crippen LogP contribution < -0.4 is 5.32 Å². The van der Waals surface area contributed by atoms with Crippen LogP contribution in [0.15, 0.2) is 4.42 Å². The number of oxazole rings is 1. The Morgan fingerprint density at radius 2 is 2.27 bits per heavy atom. The molecule has 0 bridgehead atoms. The fourth-order valence-corrected chi connectivity index (χ4v) is 1.71. The lowest BCUT2D eigenvalue weighted by atomic mass is 10.0. The van der Waals surface area contributed by atoms with Crippen LogP contribution in [0, 0.1) is 13.8 Å². The third-order valence-corrected chi connectivity index (χ3v) is 2.96. The van der Waals surface area contributed by atoms with Crippen LogP contribution in [0.4, 0.5) is 0 Å². The number of aryl methyl sites for hydroxylation is 2. The molecular weight excluding hydrogens is 192 g/mol. The standard InChI is InChI=1S/C11H18N2O2/c1-8-9(2)15-10(13-8)6-12-11(3)4-5-14-7-11/h12H,4-7H2,1-3H3. The molecule has 0 aromatic carbocycles. The lowest BCUT2D eigenvalue weighted by Crippen LogP contribution is -2.42. The maximum Gasteiger partial charge on any atom is 0.208 e. The largest absolute Gasteiger partial charge is 0.444 e. The highest BCUT2D eigenvalue weighted by Crippen LogP contribution is 2.18. The van der Waals surface area contributed by atoms with Crippen molar-refractivity contribution in [3.8, 4) is 0 Å². The highest BCUT2D eigenvalue weighted by atomic mass is 16.5. The van der Waals surface area contributed by atoms with Gasteiger partial charge in [0.25, 0.3) is 0 Å². The third kappa shape index (κ3) is 2.38. The first-order chi connectivity index (χ1) is 7.09. The van der Waals surface area contributed by atoms with Gasteiger partial charge >= 0.3 is 0 Å². The summed E-state index contributed by atoms with van der Waals surface area (Å²) < 4.78 is 10.9. The summed E-state index contributed by atoms with van der Waals surface area (Å²) in [5.41, 5.74) is 1.05. The van der Waals surface area contributed by atoms with Gasteiger partial charge in [-0.15, -0.1) is 0 Å². The van der Waals surface area contributed by atoms with Gasteiger partial charge in [0.15, 0.2) is 0 Å². The predicted octanol–water partition coefficient (Wildman–Crippen LogP) is 1.56. The van der Waals surface area contributed by atoms with Gasteiger partial charge in [0, 0.05) is 12.1 Å². The van der Waals surface area contributed by atoms with E-state index < -0.39 is 0 Å². The van der Waals surface area contributed by atoms with E-state index >= 15 is 0 Å². The third-order valence-electron chi connectivity index (χ3n) is 2.96. The van der Waals surface area contributed by atoms with E-state index in [2.05, 4.69) is 17.2 Å². The van der Waals surface area contributed by atoms with E-state index in [1.54, 1.807) is 0 Å². The minimum atomic E-state index is 0.0796. The van der Waals surface area contributed by atoms with Crippen molar-refractivity contribution in [2.75, 3.05) is 13.2 Å². The van der Waals surface area contributed by atoms with Gasteiger partial charge in [-0.3, -0.25) is 0 Å². The zero-order valence-corrected chi connectivity index (χ0v) is 9.59. The van der Waals surface area contributed by atoms with Crippen LogP contribution in [0.2, 0.25) is 0 Å². The first kappa shape index (κ1) is 10.6. The van der Waals surface area contributed by atoms with E-state index in [-0.39, 0.29) is 5.54 Å². The van der Waals surface area contributed by atoms with Crippen molar-refractivity contribution in [2.24, 2.45) is 0 Å². The van der Waals surface area contributed by atoms with Gasteiger partial charge in [0.05, 0.1) is 18.8 Å². The van der Waals surface area contributed by atoms with E-state index in [1.165, 1.54) is 0 Å². The molecule has 1 fully saturated rings. The topological polar surface area (TPSA) is 47.3 Å². The van der Waals surface area contributed by atoms with E-state index in [9.17, 15) is 0 Å². The summed E-state index contributed by atoms with van der Waals surface area (Å²) in [6.45, 7) is 8.35. The second-order valence-corrected chi connectivity index (χ2v) is 4.47. The molecule has 0 amide bonds. The molecule has 0 aliphatic carbocycles. The summed E-state index contributed by atoms with van der Waals surface area (Å²) in [6, 6.07) is 0. The summed E-state index contributed by atoms with van der Waals surface area (Å²) >= 11 is 0. The molecule has 1 aliphatic rings. The Labute approximate surface area is 90.0 Å². The van der Waals surface area contributed by atoms with Crippen LogP contribution in [0.5, 0.6) is 0 Å². The Morgan fingerprint density at radius 1 is 1.47 bits per heavy atom. The van der Waals surface area contributed by atoms with Crippen molar-refractivity contribution in [1.29, 1.82) is 0 Å². The molecule has 2 rings (SSSR count). The average Bonchev–Trinajstić information content (AvgIpc) is 2.73. The van der Waals surface area contributed by atoms with Crippen molar-refractivity contribution >= 4 is 0 Å². The number of hydrogen-bond donors (Lipinski definition) is 1. The van der Waals surface area contributed by atoms with Crippen LogP contribution in [0.1, 0.15) is 30.7 Å². The molecule has 84 valence electrons. The summed E-state index contributed by atoms with van der Waals surface area (Å²) in [6.07, 6.45) is 1.05. The molecule has 4 nitrogen and oxygen atoms in total. The fourth-order valence-electron chi connectivity index (χ4n) is 1.71. The second kappa shape index (κ2) is 3.94. The maximum atomic E-state index is 5.50. The number of aromatic nitrogens is 1. The molecule has 0 spiro atoms. The summed E-state index contributed by atoms with van der Waals surface area (Å²) in [5, 5.41) is 3.43. The molecule has 1 unspecified atom stereocenters. The van der Waals surface area contributed by atoms with Crippen LogP contribution in [-0.4, -0.2) is 23.7 Å². The van der Waals surface area contributed by atoms with Crippen molar-refractivity contribution in [3.05, 3.63) is 17.3 Å². The Morgan fingerprint density at radius 3 is 2.80 bits per heavy atom. The van der Waals surface area contributed by atoms with E-state index in [0.717, 1.165) is 37.0 Å². The first-order valence-corrected chi connectivity index (χ1v) is 5.35. The minimum Gasteiger partial charge on any atom is -0.444 e. The molecule has 1 aliphatic heterocycles. The molecule has 1 N–H and O–H groups in total. The number of hydrogen-bond acceptors (Lipinski definition) is 4. The van der Waals surface area contributed by atoms with Gasteiger partial charge in [0.1, 0.15) is 5.76 Å².